The third-order valence-corrected chi connectivity index (χ3v) is 4.60. The van der Waals surface area contributed by atoms with E-state index in [4.69, 9.17) is 16.8 Å². The van der Waals surface area contributed by atoms with Crippen LogP contribution < -0.4 is 0 Å². The molecule has 4 aromatic rings. The molecule has 4 rings (SSSR count). The predicted molar refractivity (Wildman–Crippen MR) is 112 cm³/mol. The highest BCUT2D eigenvalue weighted by molar-refractivity contribution is 6.08. The Labute approximate surface area is 173 Å². The van der Waals surface area contributed by atoms with Crippen molar-refractivity contribution in [1.82, 2.24) is 9.97 Å². The fourth-order valence-corrected chi connectivity index (χ4v) is 3.11. The minimum Gasteiger partial charge on any atom is -0.437 e. The summed E-state index contributed by atoms with van der Waals surface area (Å²) in [5, 5.41) is 1.52. The van der Waals surface area contributed by atoms with Crippen LogP contribution in [0.2, 0.25) is 0 Å². The topological polar surface area (TPSA) is 38.9 Å². The van der Waals surface area contributed by atoms with E-state index in [2.05, 4.69) is 9.97 Å². The largest absolute Gasteiger partial charge is 0.437 e. The molecular weight excluding hydrogens is 332 g/mol. The normalized spacial score (nSPS) is 19.1. The maximum atomic E-state index is 8.00. The number of para-hydroxylation sites is 1. The van der Waals surface area contributed by atoms with Gasteiger partial charge in [0.05, 0.1) is 5.69 Å². The van der Waals surface area contributed by atoms with Crippen LogP contribution in [0.4, 0.5) is 0 Å². The molecule has 0 atom stereocenters. The monoisotopic (exact) mass is 367 g/mol. The Morgan fingerprint density at radius 1 is 0.926 bits per heavy atom. The number of pyridine rings is 2. The molecule has 138 valence electrons. The molecule has 0 saturated heterocycles. The first-order chi connectivity index (χ1) is 16.4. The summed E-state index contributed by atoms with van der Waals surface area (Å²) in [6, 6.07) is 11.5. The molecular formula is C24H26N2O. The number of hydrogen-bond donors (Lipinski definition) is 0. The van der Waals surface area contributed by atoms with Crippen LogP contribution in [0.15, 0.2) is 53.1 Å². The lowest BCUT2D eigenvalue weighted by molar-refractivity contribution is 0.562. The molecule has 0 aliphatic rings. The van der Waals surface area contributed by atoms with Gasteiger partial charge in [-0.1, -0.05) is 53.5 Å². The first kappa shape index (κ1) is 10.0. The molecule has 0 unspecified atom stereocenters. The van der Waals surface area contributed by atoms with Crippen molar-refractivity contribution in [2.75, 3.05) is 0 Å². The van der Waals surface area contributed by atoms with Crippen LogP contribution in [0.3, 0.4) is 0 Å². The number of furan rings is 1. The van der Waals surface area contributed by atoms with Gasteiger partial charge >= 0.3 is 0 Å². The number of rotatable bonds is 1. The van der Waals surface area contributed by atoms with Gasteiger partial charge in [0.15, 0.2) is 0 Å². The smallest absolute Gasteiger partial charge is 0.227 e. The van der Waals surface area contributed by atoms with Gasteiger partial charge in [-0.05, 0) is 41.3 Å². The summed E-state index contributed by atoms with van der Waals surface area (Å²) in [4.78, 5) is 8.98. The highest BCUT2D eigenvalue weighted by atomic mass is 16.3. The molecule has 0 bridgehead atoms. The first-order valence-corrected chi connectivity index (χ1v) is 8.69. The molecule has 0 aliphatic carbocycles. The maximum absolute atomic E-state index is 8.00. The molecule has 0 aliphatic heterocycles. The Morgan fingerprint density at radius 3 is 2.48 bits per heavy atom. The fourth-order valence-electron chi connectivity index (χ4n) is 3.11. The van der Waals surface area contributed by atoms with Crippen LogP contribution in [-0.4, -0.2) is 9.97 Å². The van der Waals surface area contributed by atoms with Crippen LogP contribution in [0, 0.1) is 0 Å². The second-order valence-electron chi connectivity index (χ2n) is 7.76. The molecule has 0 saturated carbocycles. The van der Waals surface area contributed by atoms with Crippen LogP contribution >= 0.6 is 0 Å². The average Bonchev–Trinajstić information content (AvgIpc) is 3.08. The van der Waals surface area contributed by atoms with Crippen molar-refractivity contribution in [2.45, 2.75) is 52.2 Å². The summed E-state index contributed by atoms with van der Waals surface area (Å²) in [5.41, 5.74) is -1.34. The molecule has 3 heterocycles. The second kappa shape index (κ2) is 5.91. The molecule has 0 fully saturated rings. The summed E-state index contributed by atoms with van der Waals surface area (Å²) in [6.07, 6.45) is 1.22. The minimum absolute atomic E-state index is 0.190. The summed E-state index contributed by atoms with van der Waals surface area (Å²) in [6.45, 7) is -3.96. The summed E-state index contributed by atoms with van der Waals surface area (Å²) < 4.78 is 78.1. The van der Waals surface area contributed by atoms with Gasteiger partial charge in [-0.25, -0.2) is 4.98 Å². The number of benzene rings is 1. The zero-order valence-corrected chi connectivity index (χ0v) is 15.4. The molecule has 3 nitrogen and oxygen atoms in total. The van der Waals surface area contributed by atoms with E-state index >= 15 is 0 Å². The Balaban J connectivity index is 1.99. The molecule has 27 heavy (non-hydrogen) atoms. The van der Waals surface area contributed by atoms with Gasteiger partial charge < -0.3 is 4.42 Å². The van der Waals surface area contributed by atoms with Gasteiger partial charge in [-0.2, -0.15) is 0 Å². The molecule has 1 aromatic carbocycles. The Kier molecular flexibility index (Phi) is 2.20. The summed E-state index contributed by atoms with van der Waals surface area (Å²) >= 11 is 0. The van der Waals surface area contributed by atoms with Crippen molar-refractivity contribution >= 4 is 22.1 Å². The van der Waals surface area contributed by atoms with E-state index in [9.17, 15) is 0 Å². The van der Waals surface area contributed by atoms with Gasteiger partial charge in [-0.15, -0.1) is 0 Å². The molecule has 0 N–H and O–H groups in total. The van der Waals surface area contributed by atoms with Crippen molar-refractivity contribution in [3.05, 3.63) is 59.9 Å². The predicted octanol–water partition coefficient (Wildman–Crippen LogP) is 6.64. The molecule has 3 heteroatoms. The number of hydrogen-bond acceptors (Lipinski definition) is 3. The van der Waals surface area contributed by atoms with E-state index in [-0.39, 0.29) is 16.7 Å². The number of fused-ring (bicyclic) bond motifs is 3. The number of aromatic nitrogens is 2. The van der Waals surface area contributed by atoms with E-state index in [1.54, 1.807) is 12.1 Å². The zero-order chi connectivity index (χ0) is 26.9. The van der Waals surface area contributed by atoms with E-state index in [0.29, 0.717) is 16.9 Å². The van der Waals surface area contributed by atoms with Crippen molar-refractivity contribution in [3.63, 3.8) is 0 Å². The zero-order valence-electron chi connectivity index (χ0n) is 24.4. The van der Waals surface area contributed by atoms with E-state index < -0.39 is 26.0 Å². The molecule has 0 radical (unpaired) electrons. The SMILES string of the molecule is [2H]C([2H])([2H])C(c1ccnc(-c2cccc3c2oc2nc(C(C)(C)C)ccc23)c1)(C([2H])([2H])[2H])C([2H])([2H])[2H]. The number of nitrogens with zero attached hydrogens (tertiary/aromatic N) is 2. The first-order valence-electron chi connectivity index (χ1n) is 13.2. The van der Waals surface area contributed by atoms with Gasteiger partial charge in [0.2, 0.25) is 5.71 Å². The van der Waals surface area contributed by atoms with Crippen LogP contribution in [0.5, 0.6) is 0 Å². The van der Waals surface area contributed by atoms with E-state index in [1.165, 1.54) is 12.3 Å². The van der Waals surface area contributed by atoms with Gasteiger partial charge in [0.25, 0.3) is 0 Å². The Morgan fingerprint density at radius 2 is 1.74 bits per heavy atom. The third-order valence-electron chi connectivity index (χ3n) is 4.60. The van der Waals surface area contributed by atoms with E-state index in [0.717, 1.165) is 22.5 Å². The average molecular weight is 368 g/mol. The van der Waals surface area contributed by atoms with Crippen LogP contribution in [0.25, 0.3) is 33.3 Å². The lowest BCUT2D eigenvalue weighted by Gasteiger charge is -2.19. The van der Waals surface area contributed by atoms with Crippen LogP contribution in [-0.2, 0) is 10.8 Å². The lowest BCUT2D eigenvalue weighted by atomic mass is 9.87. The van der Waals surface area contributed by atoms with Crippen molar-refractivity contribution in [2.24, 2.45) is 0 Å². The lowest BCUT2D eigenvalue weighted by Crippen LogP contribution is -2.12. The standard InChI is InChI=1S/C24H26N2O/c1-23(2,3)15-12-13-25-19(14-15)18-9-7-8-16-17-10-11-20(24(4,5)6)26-22(17)27-21(16)18/h7-14H,1-6H3/i1D3,2D3,3D3. The van der Waals surface area contributed by atoms with Crippen LogP contribution in [0.1, 0.15) is 64.9 Å². The Bertz CT molecular complexity index is 1400. The van der Waals surface area contributed by atoms with Gasteiger partial charge in [0.1, 0.15) is 5.58 Å². The minimum atomic E-state index is -3.36. The highest BCUT2D eigenvalue weighted by Gasteiger charge is 2.20. The van der Waals surface area contributed by atoms with Gasteiger partial charge in [-0.3, -0.25) is 4.98 Å². The summed E-state index contributed by atoms with van der Waals surface area (Å²) in [7, 11) is 0. The van der Waals surface area contributed by atoms with Crippen molar-refractivity contribution in [1.29, 1.82) is 0 Å². The molecule has 3 aromatic heterocycles. The Hall–Kier alpha value is -2.68. The van der Waals surface area contributed by atoms with Gasteiger partial charge in [0, 0.05) is 46.0 Å². The fraction of sp³-hybridized carbons (Fsp3) is 0.333. The van der Waals surface area contributed by atoms with Crippen molar-refractivity contribution < 1.29 is 16.8 Å². The molecule has 0 spiro atoms. The molecule has 0 amide bonds. The summed E-state index contributed by atoms with van der Waals surface area (Å²) in [5.74, 6) is 0. The second-order valence-corrected chi connectivity index (χ2v) is 7.76. The van der Waals surface area contributed by atoms with E-state index in [1.807, 2.05) is 39.0 Å². The highest BCUT2D eigenvalue weighted by Crippen LogP contribution is 2.36. The third kappa shape index (κ3) is 3.12. The van der Waals surface area contributed by atoms with Crippen molar-refractivity contribution in [3.8, 4) is 11.3 Å². The quantitative estimate of drug-likeness (QED) is 0.378. The maximum Gasteiger partial charge on any atom is 0.227 e.